The van der Waals surface area contributed by atoms with Crippen molar-refractivity contribution >= 4 is 22.5 Å². The van der Waals surface area contributed by atoms with Crippen LogP contribution in [0.25, 0.3) is 10.9 Å². The Morgan fingerprint density at radius 3 is 2.53 bits per heavy atom. The monoisotopic (exact) mass is 407 g/mol. The van der Waals surface area contributed by atoms with E-state index in [1.165, 1.54) is 11.6 Å². The molecule has 1 aliphatic heterocycles. The van der Waals surface area contributed by atoms with E-state index in [9.17, 15) is 14.9 Å². The van der Waals surface area contributed by atoms with E-state index in [1.807, 2.05) is 33.9 Å². The summed E-state index contributed by atoms with van der Waals surface area (Å²) in [5, 5.41) is 11.7. The van der Waals surface area contributed by atoms with Gasteiger partial charge in [0.25, 0.3) is 5.69 Å². The van der Waals surface area contributed by atoms with Gasteiger partial charge >= 0.3 is 0 Å². The van der Waals surface area contributed by atoms with E-state index < -0.39 is 4.92 Å². The second-order valence-corrected chi connectivity index (χ2v) is 7.82. The van der Waals surface area contributed by atoms with Crippen LogP contribution in [-0.2, 0) is 17.8 Å². The van der Waals surface area contributed by atoms with Crippen LogP contribution in [0.2, 0.25) is 0 Å². The lowest BCUT2D eigenvalue weighted by atomic mass is 9.90. The number of methoxy groups -OCH3 is 1. The average molecular weight is 407 g/mol. The third-order valence-electron chi connectivity index (χ3n) is 5.92. The first kappa shape index (κ1) is 19.9. The van der Waals surface area contributed by atoms with Crippen LogP contribution < -0.4 is 4.74 Å². The first-order valence-corrected chi connectivity index (χ1v) is 10.2. The van der Waals surface area contributed by atoms with Gasteiger partial charge in [-0.25, -0.2) is 0 Å². The van der Waals surface area contributed by atoms with Gasteiger partial charge in [0.1, 0.15) is 12.3 Å². The predicted octanol–water partition coefficient (Wildman–Crippen LogP) is 4.04. The molecule has 4 rings (SSSR count). The van der Waals surface area contributed by atoms with E-state index in [-0.39, 0.29) is 18.1 Å². The molecule has 0 N–H and O–H groups in total. The topological polar surface area (TPSA) is 77.6 Å². The summed E-state index contributed by atoms with van der Waals surface area (Å²) in [6.45, 7) is 1.79. The number of hydrogen-bond donors (Lipinski definition) is 0. The Labute approximate surface area is 175 Å². The first-order chi connectivity index (χ1) is 14.5. The number of nitrogens with zero attached hydrogens (tertiary/aromatic N) is 3. The van der Waals surface area contributed by atoms with Gasteiger partial charge < -0.3 is 14.2 Å². The van der Waals surface area contributed by atoms with Gasteiger partial charge in [-0.15, -0.1) is 0 Å². The van der Waals surface area contributed by atoms with Crippen LogP contribution in [0.4, 0.5) is 5.69 Å². The molecule has 0 radical (unpaired) electrons. The van der Waals surface area contributed by atoms with E-state index in [4.69, 9.17) is 4.74 Å². The summed E-state index contributed by atoms with van der Waals surface area (Å²) >= 11 is 0. The van der Waals surface area contributed by atoms with Crippen molar-refractivity contribution in [2.45, 2.75) is 25.8 Å². The highest BCUT2D eigenvalue weighted by Crippen LogP contribution is 2.25. The maximum absolute atomic E-state index is 12.8. The number of hydrogen-bond acceptors (Lipinski definition) is 4. The quantitative estimate of drug-likeness (QED) is 0.456. The second-order valence-electron chi connectivity index (χ2n) is 7.82. The first-order valence-electron chi connectivity index (χ1n) is 10.2. The van der Waals surface area contributed by atoms with E-state index in [0.717, 1.165) is 49.0 Å². The zero-order valence-electron chi connectivity index (χ0n) is 17.0. The van der Waals surface area contributed by atoms with Gasteiger partial charge in [0.15, 0.2) is 0 Å². The number of aromatic nitrogens is 1. The third-order valence-corrected chi connectivity index (χ3v) is 5.92. The van der Waals surface area contributed by atoms with E-state index >= 15 is 0 Å². The van der Waals surface area contributed by atoms with Crippen LogP contribution in [0.3, 0.4) is 0 Å². The lowest BCUT2D eigenvalue weighted by Gasteiger charge is -2.32. The van der Waals surface area contributed by atoms with Gasteiger partial charge in [-0.1, -0.05) is 12.1 Å². The molecule has 7 heteroatoms. The minimum Gasteiger partial charge on any atom is -0.497 e. The molecular formula is C23H25N3O4. The molecule has 0 spiro atoms. The molecule has 0 bridgehead atoms. The van der Waals surface area contributed by atoms with E-state index in [2.05, 4.69) is 12.1 Å². The minimum absolute atomic E-state index is 0.0607. The van der Waals surface area contributed by atoms with Crippen molar-refractivity contribution < 1.29 is 14.5 Å². The summed E-state index contributed by atoms with van der Waals surface area (Å²) < 4.78 is 7.08. The highest BCUT2D eigenvalue weighted by Gasteiger charge is 2.23. The number of carbonyl (C=O) groups excluding carboxylic acids is 1. The van der Waals surface area contributed by atoms with Gasteiger partial charge in [0, 0.05) is 42.3 Å². The summed E-state index contributed by atoms with van der Waals surface area (Å²) in [6, 6.07) is 14.7. The molecule has 0 saturated carbocycles. The number of fused-ring (bicyclic) bond motifs is 1. The fourth-order valence-electron chi connectivity index (χ4n) is 4.17. The Hall–Kier alpha value is -3.35. The van der Waals surface area contributed by atoms with Gasteiger partial charge in [-0.2, -0.15) is 0 Å². The van der Waals surface area contributed by atoms with Crippen LogP contribution in [0.15, 0.2) is 54.7 Å². The number of piperidine rings is 1. The molecule has 2 aromatic carbocycles. The lowest BCUT2D eigenvalue weighted by molar-refractivity contribution is -0.384. The van der Waals surface area contributed by atoms with Crippen molar-refractivity contribution in [3.05, 3.63) is 70.4 Å². The molecule has 1 amide bonds. The van der Waals surface area contributed by atoms with Crippen molar-refractivity contribution in [1.82, 2.24) is 9.47 Å². The van der Waals surface area contributed by atoms with Crippen LogP contribution in [-0.4, -0.2) is 40.5 Å². The Balaban J connectivity index is 1.33. The van der Waals surface area contributed by atoms with Gasteiger partial charge in [0.2, 0.25) is 5.91 Å². The zero-order chi connectivity index (χ0) is 21.1. The molecule has 2 heterocycles. The Kier molecular flexibility index (Phi) is 5.70. The van der Waals surface area contributed by atoms with Gasteiger partial charge in [-0.3, -0.25) is 14.9 Å². The summed E-state index contributed by atoms with van der Waals surface area (Å²) in [4.78, 5) is 25.3. The van der Waals surface area contributed by atoms with Crippen molar-refractivity contribution in [3.63, 3.8) is 0 Å². The highest BCUT2D eigenvalue weighted by atomic mass is 16.6. The number of amides is 1. The van der Waals surface area contributed by atoms with Crippen LogP contribution in [0.5, 0.6) is 5.75 Å². The molecule has 0 atom stereocenters. The minimum atomic E-state index is -0.405. The van der Waals surface area contributed by atoms with Crippen LogP contribution in [0, 0.1) is 16.0 Å². The predicted molar refractivity (Wildman–Crippen MR) is 115 cm³/mol. The molecule has 156 valence electrons. The van der Waals surface area contributed by atoms with Crippen LogP contribution >= 0.6 is 0 Å². The molecule has 7 nitrogen and oxygen atoms in total. The van der Waals surface area contributed by atoms with Gasteiger partial charge in [0.05, 0.1) is 12.0 Å². The fraction of sp³-hybridized carbons (Fsp3) is 0.348. The Morgan fingerprint density at radius 1 is 1.13 bits per heavy atom. The van der Waals surface area contributed by atoms with E-state index in [0.29, 0.717) is 5.92 Å². The smallest absolute Gasteiger partial charge is 0.270 e. The molecular weight excluding hydrogens is 382 g/mol. The van der Waals surface area contributed by atoms with E-state index in [1.54, 1.807) is 19.2 Å². The second kappa shape index (κ2) is 8.57. The number of benzene rings is 2. The average Bonchev–Trinajstić information content (AvgIpc) is 3.16. The molecule has 1 aliphatic rings. The molecule has 30 heavy (non-hydrogen) atoms. The lowest BCUT2D eigenvalue weighted by Crippen LogP contribution is -2.40. The summed E-state index contributed by atoms with van der Waals surface area (Å²) in [6.07, 6.45) is 4.84. The molecule has 1 aromatic heterocycles. The van der Waals surface area contributed by atoms with Crippen molar-refractivity contribution in [3.8, 4) is 5.75 Å². The summed E-state index contributed by atoms with van der Waals surface area (Å²) in [5.41, 5.74) is 2.20. The third kappa shape index (κ3) is 4.30. The standard InChI is InChI=1S/C23H25N3O4/c1-30-21-5-2-17(3-6-21)14-18-8-11-24(12-9-18)23(27)16-25-13-10-19-15-20(26(28)29)4-7-22(19)25/h2-7,10,13,15,18H,8-9,11-12,14,16H2,1H3. The number of carbonyl (C=O) groups is 1. The van der Waals surface area contributed by atoms with Crippen LogP contribution in [0.1, 0.15) is 18.4 Å². The summed E-state index contributed by atoms with van der Waals surface area (Å²) in [5.74, 6) is 1.54. The highest BCUT2D eigenvalue weighted by molar-refractivity contribution is 5.85. The van der Waals surface area contributed by atoms with Crippen molar-refractivity contribution in [2.24, 2.45) is 5.92 Å². The number of nitro benzene ring substituents is 1. The molecule has 1 saturated heterocycles. The normalized spacial score (nSPS) is 14.8. The van der Waals surface area contributed by atoms with Crippen molar-refractivity contribution in [1.29, 1.82) is 0 Å². The van der Waals surface area contributed by atoms with Crippen molar-refractivity contribution in [2.75, 3.05) is 20.2 Å². The number of nitro groups is 1. The zero-order valence-corrected chi connectivity index (χ0v) is 17.0. The number of rotatable bonds is 6. The Bertz CT molecular complexity index is 1050. The number of likely N-dealkylation sites (tertiary alicyclic amines) is 1. The SMILES string of the molecule is COc1ccc(CC2CCN(C(=O)Cn3ccc4cc([N+](=O)[O-])ccc43)CC2)cc1. The fourth-order valence-corrected chi connectivity index (χ4v) is 4.17. The molecule has 0 aliphatic carbocycles. The molecule has 1 fully saturated rings. The number of non-ortho nitro benzene ring substituents is 1. The molecule has 3 aromatic rings. The molecule has 0 unspecified atom stereocenters. The maximum Gasteiger partial charge on any atom is 0.270 e. The Morgan fingerprint density at radius 2 is 1.87 bits per heavy atom. The number of ether oxygens (including phenoxy) is 1. The maximum atomic E-state index is 12.8. The largest absolute Gasteiger partial charge is 0.497 e. The summed E-state index contributed by atoms with van der Waals surface area (Å²) in [7, 11) is 1.67. The van der Waals surface area contributed by atoms with Gasteiger partial charge in [-0.05, 0) is 55.0 Å².